The van der Waals surface area contributed by atoms with Gasteiger partial charge in [0, 0.05) is 5.57 Å². The lowest BCUT2D eigenvalue weighted by Crippen LogP contribution is -2.23. The fourth-order valence-corrected chi connectivity index (χ4v) is 1.80. The molecule has 21 heavy (non-hydrogen) atoms. The van der Waals surface area contributed by atoms with Gasteiger partial charge in [-0.15, -0.1) is 0 Å². The number of carboxylic acids is 2. The quantitative estimate of drug-likeness (QED) is 0.249. The van der Waals surface area contributed by atoms with Crippen LogP contribution in [0.5, 0.6) is 0 Å². The highest BCUT2D eigenvalue weighted by atomic mass is 16.5. The average Bonchev–Trinajstić information content (AvgIpc) is 2.39. The molecule has 0 radical (unpaired) electrons. The molecule has 0 aromatic rings. The van der Waals surface area contributed by atoms with E-state index < -0.39 is 17.9 Å². The highest BCUT2D eigenvalue weighted by molar-refractivity contribution is 5.92. The molecule has 0 atom stereocenters. The van der Waals surface area contributed by atoms with Crippen LogP contribution in [0.25, 0.3) is 0 Å². The lowest BCUT2D eigenvalue weighted by Gasteiger charge is -2.07. The Labute approximate surface area is 124 Å². The summed E-state index contributed by atoms with van der Waals surface area (Å²) in [4.78, 5) is 32.4. The predicted octanol–water partition coefficient (Wildman–Crippen LogP) is 2.62. The van der Waals surface area contributed by atoms with Gasteiger partial charge in [-0.2, -0.15) is 0 Å². The Hall–Kier alpha value is -1.85. The number of carbonyl (C=O) groups is 3. The van der Waals surface area contributed by atoms with Gasteiger partial charge in [-0.1, -0.05) is 38.7 Å². The van der Waals surface area contributed by atoms with Gasteiger partial charge in [0.15, 0.2) is 5.92 Å². The van der Waals surface area contributed by atoms with Gasteiger partial charge in [-0.3, -0.25) is 9.59 Å². The Balaban J connectivity index is 3.48. The summed E-state index contributed by atoms with van der Waals surface area (Å²) in [6, 6.07) is 0. The second-order valence-corrected chi connectivity index (χ2v) is 5.06. The van der Waals surface area contributed by atoms with Gasteiger partial charge >= 0.3 is 17.9 Å². The van der Waals surface area contributed by atoms with Gasteiger partial charge in [-0.05, 0) is 19.8 Å². The van der Waals surface area contributed by atoms with E-state index in [1.807, 2.05) is 0 Å². The van der Waals surface area contributed by atoms with Crippen molar-refractivity contribution in [3.8, 4) is 0 Å². The lowest BCUT2D eigenvalue weighted by atomic mass is 10.0. The molecule has 0 saturated carbocycles. The van der Waals surface area contributed by atoms with Crippen molar-refractivity contribution in [2.75, 3.05) is 6.61 Å². The topological polar surface area (TPSA) is 101 Å². The molecule has 6 heteroatoms. The van der Waals surface area contributed by atoms with E-state index >= 15 is 0 Å². The monoisotopic (exact) mass is 300 g/mol. The largest absolute Gasteiger partial charge is 0.481 e. The van der Waals surface area contributed by atoms with E-state index in [1.165, 1.54) is 0 Å². The summed E-state index contributed by atoms with van der Waals surface area (Å²) in [7, 11) is 0. The van der Waals surface area contributed by atoms with Gasteiger partial charge < -0.3 is 14.9 Å². The Kier molecular flexibility index (Phi) is 9.92. The van der Waals surface area contributed by atoms with Crippen molar-refractivity contribution in [3.63, 3.8) is 0 Å². The molecule has 0 aromatic heterocycles. The second kappa shape index (κ2) is 10.9. The smallest absolute Gasteiger partial charge is 0.333 e. The third kappa shape index (κ3) is 9.65. The molecule has 0 amide bonds. The second-order valence-electron chi connectivity index (χ2n) is 5.06. The molecule has 0 aliphatic carbocycles. The summed E-state index contributed by atoms with van der Waals surface area (Å²) in [5, 5.41) is 17.4. The van der Waals surface area contributed by atoms with E-state index in [0.717, 1.165) is 32.1 Å². The van der Waals surface area contributed by atoms with Crippen LogP contribution >= 0.6 is 0 Å². The average molecular weight is 300 g/mol. The number of unbranched alkanes of at least 4 members (excludes halogenated alkanes) is 5. The van der Waals surface area contributed by atoms with Crippen LogP contribution in [0.3, 0.4) is 0 Å². The highest BCUT2D eigenvalue weighted by Crippen LogP contribution is 2.13. The molecular weight excluding hydrogens is 276 g/mol. The molecule has 0 rings (SSSR count). The maximum atomic E-state index is 11.1. The van der Waals surface area contributed by atoms with E-state index in [0.29, 0.717) is 18.6 Å². The van der Waals surface area contributed by atoms with Crippen molar-refractivity contribution in [1.29, 1.82) is 0 Å². The number of hydrogen-bond donors (Lipinski definition) is 2. The first-order chi connectivity index (χ1) is 9.86. The van der Waals surface area contributed by atoms with E-state index in [2.05, 4.69) is 6.58 Å². The third-order valence-corrected chi connectivity index (χ3v) is 3.06. The first-order valence-electron chi connectivity index (χ1n) is 7.14. The molecule has 0 saturated heterocycles. The number of ether oxygens (including phenoxy) is 1. The minimum atomic E-state index is -1.30. The van der Waals surface area contributed by atoms with Crippen LogP contribution in [0, 0.1) is 5.92 Å². The molecule has 0 fully saturated rings. The summed E-state index contributed by atoms with van der Waals surface area (Å²) >= 11 is 0. The summed E-state index contributed by atoms with van der Waals surface area (Å²) in [5.74, 6) is -4.22. The SMILES string of the molecule is C=C(C)C(=O)OCCCCCCCCC(C(=O)O)C(=O)O. The Morgan fingerprint density at radius 3 is 1.90 bits per heavy atom. The van der Waals surface area contributed by atoms with Crippen molar-refractivity contribution < 1.29 is 29.3 Å². The van der Waals surface area contributed by atoms with E-state index in [-0.39, 0.29) is 12.4 Å². The van der Waals surface area contributed by atoms with Gasteiger partial charge in [0.1, 0.15) is 0 Å². The zero-order chi connectivity index (χ0) is 16.3. The van der Waals surface area contributed by atoms with Crippen molar-refractivity contribution in [2.45, 2.75) is 51.9 Å². The number of carbonyl (C=O) groups excluding carboxylic acids is 1. The van der Waals surface area contributed by atoms with Crippen molar-refractivity contribution >= 4 is 17.9 Å². The van der Waals surface area contributed by atoms with Crippen LogP contribution in [0.15, 0.2) is 12.2 Å². The minimum absolute atomic E-state index is 0.168. The Bertz CT molecular complexity index is 360. The first-order valence-corrected chi connectivity index (χ1v) is 7.14. The molecule has 0 aliphatic heterocycles. The van der Waals surface area contributed by atoms with Crippen LogP contribution in [0.1, 0.15) is 51.9 Å². The van der Waals surface area contributed by atoms with Gasteiger partial charge in [0.2, 0.25) is 0 Å². The van der Waals surface area contributed by atoms with Gasteiger partial charge in [0.05, 0.1) is 6.61 Å². The Morgan fingerprint density at radius 2 is 1.43 bits per heavy atom. The minimum Gasteiger partial charge on any atom is -0.481 e. The summed E-state index contributed by atoms with van der Waals surface area (Å²) in [6.07, 6.45) is 5.14. The van der Waals surface area contributed by atoms with E-state index in [9.17, 15) is 14.4 Å². The lowest BCUT2D eigenvalue weighted by molar-refractivity contribution is -0.154. The standard InChI is InChI=1S/C15H24O6/c1-11(2)15(20)21-10-8-6-4-3-5-7-9-12(13(16)17)14(18)19/h12H,1,3-10H2,2H3,(H,16,17)(H,18,19). The first kappa shape index (κ1) is 19.1. The molecule has 0 heterocycles. The number of rotatable bonds is 12. The van der Waals surface area contributed by atoms with Crippen molar-refractivity contribution in [2.24, 2.45) is 5.92 Å². The zero-order valence-electron chi connectivity index (χ0n) is 12.5. The number of hydrogen-bond acceptors (Lipinski definition) is 4. The molecule has 0 spiro atoms. The summed E-state index contributed by atoms with van der Waals surface area (Å²) in [5.41, 5.74) is 0.390. The molecule has 0 bridgehead atoms. The zero-order valence-corrected chi connectivity index (χ0v) is 12.5. The van der Waals surface area contributed by atoms with Gasteiger partial charge in [-0.25, -0.2) is 4.79 Å². The molecule has 0 unspecified atom stereocenters. The molecule has 6 nitrogen and oxygen atoms in total. The molecule has 2 N–H and O–H groups in total. The molecule has 120 valence electrons. The van der Waals surface area contributed by atoms with Crippen LogP contribution in [-0.2, 0) is 19.1 Å². The van der Waals surface area contributed by atoms with Crippen molar-refractivity contribution in [1.82, 2.24) is 0 Å². The van der Waals surface area contributed by atoms with Crippen LogP contribution in [0.2, 0.25) is 0 Å². The van der Waals surface area contributed by atoms with E-state index in [1.54, 1.807) is 6.92 Å². The number of esters is 1. The summed E-state index contributed by atoms with van der Waals surface area (Å²) < 4.78 is 4.95. The molecule has 0 aromatic carbocycles. The molecular formula is C15H24O6. The van der Waals surface area contributed by atoms with Crippen LogP contribution in [0.4, 0.5) is 0 Å². The molecule has 0 aliphatic rings. The third-order valence-electron chi connectivity index (χ3n) is 3.06. The predicted molar refractivity (Wildman–Crippen MR) is 76.9 cm³/mol. The van der Waals surface area contributed by atoms with Crippen LogP contribution < -0.4 is 0 Å². The van der Waals surface area contributed by atoms with Crippen molar-refractivity contribution in [3.05, 3.63) is 12.2 Å². The number of carboxylic acid groups (broad SMARTS) is 2. The Morgan fingerprint density at radius 1 is 0.952 bits per heavy atom. The van der Waals surface area contributed by atoms with Crippen LogP contribution in [-0.4, -0.2) is 34.7 Å². The normalized spacial score (nSPS) is 10.4. The highest BCUT2D eigenvalue weighted by Gasteiger charge is 2.24. The summed E-state index contributed by atoms with van der Waals surface area (Å²) in [6.45, 7) is 5.47. The van der Waals surface area contributed by atoms with Gasteiger partial charge in [0.25, 0.3) is 0 Å². The fraction of sp³-hybridized carbons (Fsp3) is 0.667. The fourth-order valence-electron chi connectivity index (χ4n) is 1.80. The number of aliphatic carboxylic acids is 2. The van der Waals surface area contributed by atoms with E-state index in [4.69, 9.17) is 14.9 Å². The maximum absolute atomic E-state index is 11.1. The maximum Gasteiger partial charge on any atom is 0.333 e.